The lowest BCUT2D eigenvalue weighted by atomic mass is 10.0. The molecule has 1 atom stereocenters. The number of rotatable bonds is 4. The smallest absolute Gasteiger partial charge is 0.257 e. The molecular weight excluding hydrogens is 322 g/mol. The third-order valence-electron chi connectivity index (χ3n) is 4.36. The topological polar surface area (TPSA) is 93.3 Å². The summed E-state index contributed by atoms with van der Waals surface area (Å²) in [6, 6.07) is 1.22. The Hall–Kier alpha value is -2.64. The number of nitrogens with one attached hydrogen (secondary N) is 1. The Morgan fingerprint density at radius 2 is 2.20 bits per heavy atom. The van der Waals surface area contributed by atoms with Crippen molar-refractivity contribution in [2.75, 3.05) is 11.4 Å². The van der Waals surface area contributed by atoms with Crippen molar-refractivity contribution >= 4 is 17.6 Å². The minimum Gasteiger partial charge on any atom is -0.360 e. The third kappa shape index (κ3) is 3.29. The molecule has 2 aromatic heterocycles. The first-order chi connectivity index (χ1) is 11.9. The fraction of sp³-hybridized carbons (Fsp3) is 0.529. The van der Waals surface area contributed by atoms with Crippen LogP contribution in [-0.2, 0) is 11.8 Å². The zero-order valence-electron chi connectivity index (χ0n) is 14.9. The van der Waals surface area contributed by atoms with E-state index in [0.29, 0.717) is 35.8 Å². The molecule has 3 heterocycles. The highest BCUT2D eigenvalue weighted by Gasteiger charge is 2.33. The Bertz CT molecular complexity index is 792. The fourth-order valence-corrected chi connectivity index (χ4v) is 3.07. The van der Waals surface area contributed by atoms with Crippen LogP contribution >= 0.6 is 0 Å². The maximum absolute atomic E-state index is 12.8. The van der Waals surface area contributed by atoms with Crippen molar-refractivity contribution in [2.24, 2.45) is 7.05 Å². The van der Waals surface area contributed by atoms with Crippen LogP contribution in [0.5, 0.6) is 0 Å². The first kappa shape index (κ1) is 17.2. The number of aromatic nitrogens is 3. The van der Waals surface area contributed by atoms with Crippen LogP contribution in [0.15, 0.2) is 16.8 Å². The van der Waals surface area contributed by atoms with Crippen molar-refractivity contribution in [1.82, 2.24) is 20.3 Å². The molecule has 2 aromatic rings. The van der Waals surface area contributed by atoms with Crippen LogP contribution in [0.3, 0.4) is 0 Å². The number of anilines is 1. The van der Waals surface area contributed by atoms with Crippen molar-refractivity contribution in [2.45, 2.75) is 45.6 Å². The van der Waals surface area contributed by atoms with E-state index < -0.39 is 6.04 Å². The maximum atomic E-state index is 12.8. The fourth-order valence-electron chi connectivity index (χ4n) is 3.07. The van der Waals surface area contributed by atoms with Crippen LogP contribution in [0.1, 0.15) is 54.4 Å². The van der Waals surface area contributed by atoms with Crippen molar-refractivity contribution in [3.8, 4) is 0 Å². The lowest BCUT2D eigenvalue weighted by Crippen LogP contribution is -2.52. The van der Waals surface area contributed by atoms with Crippen LogP contribution in [0.2, 0.25) is 0 Å². The van der Waals surface area contributed by atoms with Gasteiger partial charge in [0.05, 0.1) is 5.69 Å². The molecule has 1 aliphatic heterocycles. The van der Waals surface area contributed by atoms with Crippen LogP contribution in [-0.4, -0.2) is 39.3 Å². The number of amides is 2. The van der Waals surface area contributed by atoms with Crippen molar-refractivity contribution in [3.05, 3.63) is 29.3 Å². The van der Waals surface area contributed by atoms with Gasteiger partial charge in [-0.2, -0.15) is 5.10 Å². The molecule has 1 fully saturated rings. The molecule has 0 spiro atoms. The van der Waals surface area contributed by atoms with Gasteiger partial charge in [-0.05, 0) is 19.8 Å². The highest BCUT2D eigenvalue weighted by Crippen LogP contribution is 2.23. The van der Waals surface area contributed by atoms with Gasteiger partial charge in [-0.3, -0.25) is 19.2 Å². The summed E-state index contributed by atoms with van der Waals surface area (Å²) in [7, 11) is 1.80. The quantitative estimate of drug-likeness (QED) is 0.911. The molecule has 0 bridgehead atoms. The zero-order valence-corrected chi connectivity index (χ0v) is 14.9. The number of piperidine rings is 1. The lowest BCUT2D eigenvalue weighted by molar-refractivity contribution is -0.121. The van der Waals surface area contributed by atoms with E-state index in [1.807, 2.05) is 13.8 Å². The van der Waals surface area contributed by atoms with Crippen LogP contribution in [0.25, 0.3) is 0 Å². The predicted molar refractivity (Wildman–Crippen MR) is 91.4 cm³/mol. The summed E-state index contributed by atoms with van der Waals surface area (Å²) in [5.41, 5.74) is 0.962. The predicted octanol–water partition coefficient (Wildman–Crippen LogP) is 1.77. The summed E-state index contributed by atoms with van der Waals surface area (Å²) in [6.07, 6.45) is 3.20. The van der Waals surface area contributed by atoms with Gasteiger partial charge in [-0.1, -0.05) is 19.0 Å². The number of nitrogens with zero attached hydrogens (tertiary/aromatic N) is 4. The summed E-state index contributed by atoms with van der Waals surface area (Å²) in [4.78, 5) is 27.1. The lowest BCUT2D eigenvalue weighted by Gasteiger charge is -2.31. The van der Waals surface area contributed by atoms with Gasteiger partial charge in [0.2, 0.25) is 0 Å². The average Bonchev–Trinajstić information content (AvgIpc) is 3.15. The van der Waals surface area contributed by atoms with E-state index >= 15 is 0 Å². The van der Waals surface area contributed by atoms with E-state index in [4.69, 9.17) is 4.52 Å². The molecule has 0 saturated carbocycles. The molecule has 25 heavy (non-hydrogen) atoms. The molecule has 8 heteroatoms. The summed E-state index contributed by atoms with van der Waals surface area (Å²) in [6.45, 7) is 6.20. The molecule has 0 radical (unpaired) electrons. The maximum Gasteiger partial charge on any atom is 0.257 e. The number of hydrogen-bond acceptors (Lipinski definition) is 5. The monoisotopic (exact) mass is 345 g/mol. The minimum absolute atomic E-state index is 0.0361. The molecule has 1 N–H and O–H groups in total. The van der Waals surface area contributed by atoms with Crippen molar-refractivity contribution in [3.63, 3.8) is 0 Å². The van der Waals surface area contributed by atoms with Gasteiger partial charge in [0, 0.05) is 31.8 Å². The molecule has 8 nitrogen and oxygen atoms in total. The van der Waals surface area contributed by atoms with Crippen LogP contribution in [0, 0.1) is 6.92 Å². The first-order valence-electron chi connectivity index (χ1n) is 8.46. The molecular formula is C17H23N5O3. The van der Waals surface area contributed by atoms with Gasteiger partial charge in [-0.15, -0.1) is 0 Å². The molecule has 3 rings (SSSR count). The number of aryl methyl sites for hydroxylation is 2. The number of carbonyl (C=O) groups is 2. The second-order valence-corrected chi connectivity index (χ2v) is 6.67. The second-order valence-electron chi connectivity index (χ2n) is 6.67. The highest BCUT2D eigenvalue weighted by atomic mass is 16.5. The van der Waals surface area contributed by atoms with Crippen LogP contribution in [0.4, 0.5) is 5.82 Å². The van der Waals surface area contributed by atoms with Gasteiger partial charge in [0.1, 0.15) is 11.6 Å². The third-order valence-corrected chi connectivity index (χ3v) is 4.36. The Morgan fingerprint density at radius 3 is 2.84 bits per heavy atom. The van der Waals surface area contributed by atoms with Gasteiger partial charge < -0.3 is 9.84 Å². The average molecular weight is 345 g/mol. The van der Waals surface area contributed by atoms with Crippen LogP contribution < -0.4 is 10.2 Å². The van der Waals surface area contributed by atoms with E-state index in [1.165, 1.54) is 0 Å². The van der Waals surface area contributed by atoms with Gasteiger partial charge >= 0.3 is 0 Å². The van der Waals surface area contributed by atoms with E-state index in [1.54, 1.807) is 35.8 Å². The van der Waals surface area contributed by atoms with E-state index in [9.17, 15) is 9.59 Å². The Morgan fingerprint density at radius 1 is 1.44 bits per heavy atom. The Balaban J connectivity index is 1.77. The molecule has 0 aliphatic carbocycles. The molecule has 2 amide bonds. The first-order valence-corrected chi connectivity index (χ1v) is 8.46. The van der Waals surface area contributed by atoms with E-state index in [2.05, 4.69) is 15.6 Å². The standard InChI is InChI=1S/C17H23N5O3/c1-10(2)15-14(11(3)20-25-15)16(23)18-12-6-5-8-22(17(12)24)13-7-9-21(4)19-13/h7,9-10,12H,5-6,8H2,1-4H3,(H,18,23)/t12-/m1/s1. The summed E-state index contributed by atoms with van der Waals surface area (Å²) >= 11 is 0. The van der Waals surface area contributed by atoms with E-state index in [0.717, 1.165) is 6.42 Å². The summed E-state index contributed by atoms with van der Waals surface area (Å²) < 4.78 is 6.92. The van der Waals surface area contributed by atoms with Gasteiger partial charge in [0.25, 0.3) is 11.8 Å². The number of hydrogen-bond donors (Lipinski definition) is 1. The second kappa shape index (κ2) is 6.70. The van der Waals surface area contributed by atoms with Crippen molar-refractivity contribution < 1.29 is 14.1 Å². The molecule has 1 saturated heterocycles. The zero-order chi connectivity index (χ0) is 18.1. The molecule has 134 valence electrons. The Kier molecular flexibility index (Phi) is 4.61. The summed E-state index contributed by atoms with van der Waals surface area (Å²) in [5.74, 6) is 0.728. The molecule has 0 aromatic carbocycles. The normalized spacial score (nSPS) is 18.0. The highest BCUT2D eigenvalue weighted by molar-refractivity contribution is 6.03. The van der Waals surface area contributed by atoms with E-state index in [-0.39, 0.29) is 17.7 Å². The van der Waals surface area contributed by atoms with Gasteiger partial charge in [0.15, 0.2) is 11.6 Å². The Labute approximate surface area is 146 Å². The van der Waals surface area contributed by atoms with Gasteiger partial charge in [-0.25, -0.2) is 0 Å². The SMILES string of the molecule is Cc1noc(C(C)C)c1C(=O)N[C@@H]1CCCN(c2ccn(C)n2)C1=O. The minimum atomic E-state index is -0.572. The summed E-state index contributed by atoms with van der Waals surface area (Å²) in [5, 5.41) is 11.0. The largest absolute Gasteiger partial charge is 0.360 e. The molecule has 0 unspecified atom stereocenters. The van der Waals surface area contributed by atoms with Crippen molar-refractivity contribution in [1.29, 1.82) is 0 Å². The number of carbonyl (C=O) groups excluding carboxylic acids is 2. The molecule has 1 aliphatic rings.